The normalized spacial score (nSPS) is 13.1. The zero-order valence-corrected chi connectivity index (χ0v) is 10.5. The van der Waals surface area contributed by atoms with Gasteiger partial charge in [0.25, 0.3) is 0 Å². The number of carbonyl (C=O) groups excluding carboxylic acids is 1. The first kappa shape index (κ1) is 12.2. The number of thiophene rings is 1. The molecule has 0 atom stereocenters. The van der Waals surface area contributed by atoms with Crippen LogP contribution in [0.2, 0.25) is 0 Å². The van der Waals surface area contributed by atoms with E-state index in [1.54, 1.807) is 0 Å². The highest BCUT2D eigenvalue weighted by atomic mass is 32.1. The Morgan fingerprint density at radius 2 is 2.41 bits per heavy atom. The van der Waals surface area contributed by atoms with Gasteiger partial charge in [0.05, 0.1) is 19.6 Å². The summed E-state index contributed by atoms with van der Waals surface area (Å²) in [6, 6.07) is 2.22. The Bertz CT molecular complexity index is 423. The molecule has 1 aromatic rings. The Balaban J connectivity index is 1.74. The Labute approximate surface area is 106 Å². The summed E-state index contributed by atoms with van der Waals surface area (Å²) in [5, 5.41) is 5.75. The van der Waals surface area contributed by atoms with Gasteiger partial charge in [0.1, 0.15) is 0 Å². The van der Waals surface area contributed by atoms with Crippen molar-refractivity contribution in [2.75, 3.05) is 13.1 Å². The van der Waals surface area contributed by atoms with E-state index in [9.17, 15) is 4.79 Å². The van der Waals surface area contributed by atoms with E-state index in [1.807, 2.05) is 11.3 Å². The molecule has 2 rings (SSSR count). The first-order valence-electron chi connectivity index (χ1n) is 5.81. The van der Waals surface area contributed by atoms with Crippen LogP contribution in [0.4, 0.5) is 0 Å². The first-order chi connectivity index (χ1) is 8.29. The third-order valence-electron chi connectivity index (χ3n) is 2.77. The topological polar surface area (TPSA) is 41.1 Å². The standard InChI is InChI=1S/C13H16N2OS/c1-2-6-14-9-13(16)15-8-11-7-10-4-3-5-12(10)17-11/h1,7,14H,3-6,8-9H2,(H,15,16). The van der Waals surface area contributed by atoms with Crippen LogP contribution >= 0.6 is 11.3 Å². The largest absolute Gasteiger partial charge is 0.350 e. The molecule has 4 heteroatoms. The van der Waals surface area contributed by atoms with Gasteiger partial charge in [0.15, 0.2) is 0 Å². The van der Waals surface area contributed by atoms with E-state index in [2.05, 4.69) is 22.6 Å². The van der Waals surface area contributed by atoms with Crippen molar-refractivity contribution in [3.63, 3.8) is 0 Å². The van der Waals surface area contributed by atoms with Crippen molar-refractivity contribution in [1.29, 1.82) is 0 Å². The number of amides is 1. The Morgan fingerprint density at radius 3 is 3.18 bits per heavy atom. The van der Waals surface area contributed by atoms with Crippen LogP contribution < -0.4 is 10.6 Å². The predicted molar refractivity (Wildman–Crippen MR) is 69.9 cm³/mol. The van der Waals surface area contributed by atoms with Crippen molar-refractivity contribution in [1.82, 2.24) is 10.6 Å². The van der Waals surface area contributed by atoms with Crippen molar-refractivity contribution in [3.05, 3.63) is 21.4 Å². The smallest absolute Gasteiger partial charge is 0.234 e. The second-order valence-corrected chi connectivity index (χ2v) is 5.32. The van der Waals surface area contributed by atoms with E-state index < -0.39 is 0 Å². The van der Waals surface area contributed by atoms with E-state index in [4.69, 9.17) is 6.42 Å². The summed E-state index contributed by atoms with van der Waals surface area (Å²) in [5.41, 5.74) is 1.48. The summed E-state index contributed by atoms with van der Waals surface area (Å²) in [4.78, 5) is 14.2. The van der Waals surface area contributed by atoms with Gasteiger partial charge >= 0.3 is 0 Å². The second-order valence-electron chi connectivity index (χ2n) is 4.10. The lowest BCUT2D eigenvalue weighted by atomic mass is 10.2. The first-order valence-corrected chi connectivity index (χ1v) is 6.62. The van der Waals surface area contributed by atoms with Crippen molar-refractivity contribution < 1.29 is 4.79 Å². The van der Waals surface area contributed by atoms with Crippen molar-refractivity contribution in [2.24, 2.45) is 0 Å². The van der Waals surface area contributed by atoms with Crippen LogP contribution in [-0.2, 0) is 24.2 Å². The van der Waals surface area contributed by atoms with E-state index in [0.717, 1.165) is 0 Å². The van der Waals surface area contributed by atoms with E-state index in [1.165, 1.54) is 34.6 Å². The van der Waals surface area contributed by atoms with Crippen LogP contribution in [0.25, 0.3) is 0 Å². The molecule has 1 amide bonds. The Morgan fingerprint density at radius 1 is 1.53 bits per heavy atom. The number of aryl methyl sites for hydroxylation is 2. The van der Waals surface area contributed by atoms with Crippen LogP contribution in [0.3, 0.4) is 0 Å². The molecule has 0 saturated carbocycles. The number of terminal acetylenes is 1. The second kappa shape index (κ2) is 5.85. The molecule has 0 saturated heterocycles. The molecule has 1 aliphatic carbocycles. The number of nitrogens with one attached hydrogen (secondary N) is 2. The molecule has 1 aliphatic rings. The lowest BCUT2D eigenvalue weighted by Crippen LogP contribution is -2.33. The molecule has 0 fully saturated rings. The summed E-state index contributed by atoms with van der Waals surface area (Å²) in [6.45, 7) is 1.35. The highest BCUT2D eigenvalue weighted by molar-refractivity contribution is 7.12. The maximum Gasteiger partial charge on any atom is 0.234 e. The van der Waals surface area contributed by atoms with Gasteiger partial charge in [0, 0.05) is 9.75 Å². The minimum atomic E-state index is -0.00573. The molecule has 0 bridgehead atoms. The number of carbonyl (C=O) groups is 1. The monoisotopic (exact) mass is 248 g/mol. The molecule has 0 spiro atoms. The Hall–Kier alpha value is -1.31. The maximum atomic E-state index is 11.4. The number of hydrogen-bond acceptors (Lipinski definition) is 3. The number of fused-ring (bicyclic) bond motifs is 1. The van der Waals surface area contributed by atoms with Gasteiger partial charge in [-0.15, -0.1) is 17.8 Å². The Kier molecular flexibility index (Phi) is 4.18. The molecular formula is C13H16N2OS. The van der Waals surface area contributed by atoms with Gasteiger partial charge in [-0.2, -0.15) is 0 Å². The summed E-state index contributed by atoms with van der Waals surface area (Å²) in [5.74, 6) is 2.43. The average molecular weight is 248 g/mol. The van der Waals surface area contributed by atoms with E-state index >= 15 is 0 Å². The number of rotatable bonds is 5. The van der Waals surface area contributed by atoms with Crippen LogP contribution in [0.1, 0.15) is 21.7 Å². The quantitative estimate of drug-likeness (QED) is 0.604. The molecule has 0 aromatic carbocycles. The zero-order valence-electron chi connectivity index (χ0n) is 9.71. The molecule has 0 unspecified atom stereocenters. The van der Waals surface area contributed by atoms with Crippen LogP contribution in [0.15, 0.2) is 6.07 Å². The molecule has 0 radical (unpaired) electrons. The van der Waals surface area contributed by atoms with Gasteiger partial charge in [-0.3, -0.25) is 10.1 Å². The molecule has 2 N–H and O–H groups in total. The molecule has 3 nitrogen and oxygen atoms in total. The summed E-state index contributed by atoms with van der Waals surface area (Å²) in [6.07, 6.45) is 8.76. The lowest BCUT2D eigenvalue weighted by molar-refractivity contribution is -0.120. The molecule has 1 heterocycles. The number of hydrogen-bond donors (Lipinski definition) is 2. The minimum absolute atomic E-state index is 0.00573. The van der Waals surface area contributed by atoms with Crippen molar-refractivity contribution in [3.8, 4) is 12.3 Å². The third-order valence-corrected chi connectivity index (χ3v) is 4.01. The molecule has 17 heavy (non-hydrogen) atoms. The summed E-state index contributed by atoms with van der Waals surface area (Å²) in [7, 11) is 0. The summed E-state index contributed by atoms with van der Waals surface area (Å²) < 4.78 is 0. The van der Waals surface area contributed by atoms with Gasteiger partial charge in [-0.1, -0.05) is 5.92 Å². The van der Waals surface area contributed by atoms with Crippen LogP contribution in [0, 0.1) is 12.3 Å². The highest BCUT2D eigenvalue weighted by Crippen LogP contribution is 2.30. The SMILES string of the molecule is C#CCNCC(=O)NCc1cc2c(s1)CCC2. The van der Waals surface area contributed by atoms with Gasteiger partial charge in [-0.25, -0.2) is 0 Å². The minimum Gasteiger partial charge on any atom is -0.350 e. The fourth-order valence-corrected chi connectivity index (χ4v) is 3.17. The van der Waals surface area contributed by atoms with Crippen molar-refractivity contribution in [2.45, 2.75) is 25.8 Å². The van der Waals surface area contributed by atoms with Crippen molar-refractivity contribution >= 4 is 17.2 Å². The predicted octanol–water partition coefficient (Wildman–Crippen LogP) is 1.08. The van der Waals surface area contributed by atoms with E-state index in [0.29, 0.717) is 13.1 Å². The van der Waals surface area contributed by atoms with Gasteiger partial charge in [-0.05, 0) is 30.9 Å². The molecular weight excluding hydrogens is 232 g/mol. The third kappa shape index (κ3) is 3.32. The van der Waals surface area contributed by atoms with Crippen LogP contribution in [0.5, 0.6) is 0 Å². The van der Waals surface area contributed by atoms with E-state index in [-0.39, 0.29) is 12.5 Å². The lowest BCUT2D eigenvalue weighted by Gasteiger charge is -2.03. The molecule has 0 aliphatic heterocycles. The maximum absolute atomic E-state index is 11.4. The van der Waals surface area contributed by atoms with Gasteiger partial charge < -0.3 is 5.32 Å². The molecule has 90 valence electrons. The highest BCUT2D eigenvalue weighted by Gasteiger charge is 2.14. The fraction of sp³-hybridized carbons (Fsp3) is 0.462. The fourth-order valence-electron chi connectivity index (χ4n) is 1.97. The zero-order chi connectivity index (χ0) is 12.1. The van der Waals surface area contributed by atoms with Gasteiger partial charge in [0.2, 0.25) is 5.91 Å². The average Bonchev–Trinajstić information content (AvgIpc) is 2.86. The summed E-state index contributed by atoms with van der Waals surface area (Å²) >= 11 is 1.82. The van der Waals surface area contributed by atoms with Crippen LogP contribution in [-0.4, -0.2) is 19.0 Å². The molecule has 1 aromatic heterocycles.